The summed E-state index contributed by atoms with van der Waals surface area (Å²) in [6, 6.07) is 15.1. The van der Waals surface area contributed by atoms with Crippen LogP contribution in [0.3, 0.4) is 0 Å². The molecule has 1 heterocycles. The molecule has 0 saturated carbocycles. The largest absolute Gasteiger partial charge is 0.345 e. The van der Waals surface area contributed by atoms with Crippen molar-refractivity contribution in [3.05, 3.63) is 78.4 Å². The lowest BCUT2D eigenvalue weighted by Crippen LogP contribution is -2.42. The van der Waals surface area contributed by atoms with E-state index in [1.54, 1.807) is 29.1 Å². The van der Waals surface area contributed by atoms with Gasteiger partial charge in [-0.15, -0.1) is 0 Å². The molecule has 0 aliphatic rings. The van der Waals surface area contributed by atoms with Gasteiger partial charge in [-0.3, -0.25) is 14.2 Å². The van der Waals surface area contributed by atoms with Crippen molar-refractivity contribution in [1.82, 2.24) is 14.9 Å². The van der Waals surface area contributed by atoms with Gasteiger partial charge in [-0.25, -0.2) is 9.37 Å². The molecule has 3 rings (SSSR count). The van der Waals surface area contributed by atoms with Crippen molar-refractivity contribution in [3.63, 3.8) is 0 Å². The number of carbonyl (C=O) groups excluding carboxylic acids is 2. The predicted molar refractivity (Wildman–Crippen MR) is 107 cm³/mol. The summed E-state index contributed by atoms with van der Waals surface area (Å²) in [5, 5.41) is 3.36. The zero-order chi connectivity index (χ0) is 19.9. The molecular formula is C21H20FN3O2S. The standard InChI is InChI=1S/C21H20FN3O2S/c1-15(26)19(12-16-6-3-2-4-7-16)24-20(27)14-28-21-23-10-11-25(21)18-9-5-8-17(22)13-18/h2-11,13,19H,12,14H2,1H3,(H,24,27)/t19-/m1/s1. The molecule has 0 unspecified atom stereocenters. The Labute approximate surface area is 167 Å². The van der Waals surface area contributed by atoms with Crippen molar-refractivity contribution in [1.29, 1.82) is 0 Å². The van der Waals surface area contributed by atoms with Crippen LogP contribution in [0.25, 0.3) is 5.69 Å². The number of imidazole rings is 1. The average Bonchev–Trinajstić information content (AvgIpc) is 3.15. The Balaban J connectivity index is 1.61. The summed E-state index contributed by atoms with van der Waals surface area (Å²) in [5.74, 6) is -0.589. The maximum atomic E-state index is 13.5. The molecule has 0 aliphatic carbocycles. The van der Waals surface area contributed by atoms with Gasteiger partial charge in [-0.05, 0) is 37.1 Å². The van der Waals surface area contributed by atoms with Gasteiger partial charge in [0.05, 0.1) is 17.5 Å². The topological polar surface area (TPSA) is 64.0 Å². The number of hydrogen-bond acceptors (Lipinski definition) is 4. The third-order valence-corrected chi connectivity index (χ3v) is 5.10. The maximum absolute atomic E-state index is 13.5. The first kappa shape index (κ1) is 19.8. The molecule has 0 bridgehead atoms. The summed E-state index contributed by atoms with van der Waals surface area (Å²) in [7, 11) is 0. The van der Waals surface area contributed by atoms with Crippen LogP contribution in [-0.2, 0) is 16.0 Å². The highest BCUT2D eigenvalue weighted by Gasteiger charge is 2.18. The number of rotatable bonds is 8. The molecule has 0 aliphatic heterocycles. The van der Waals surface area contributed by atoms with Crippen molar-refractivity contribution in [3.8, 4) is 5.69 Å². The molecule has 0 radical (unpaired) electrons. The molecule has 144 valence electrons. The molecule has 3 aromatic rings. The normalized spacial score (nSPS) is 11.8. The number of benzene rings is 2. The highest BCUT2D eigenvalue weighted by Crippen LogP contribution is 2.20. The van der Waals surface area contributed by atoms with Crippen molar-refractivity contribution in [2.75, 3.05) is 5.75 Å². The summed E-state index contributed by atoms with van der Waals surface area (Å²) < 4.78 is 15.2. The van der Waals surface area contributed by atoms with Crippen LogP contribution in [0.5, 0.6) is 0 Å². The Kier molecular flexibility index (Phi) is 6.60. The number of carbonyl (C=O) groups is 2. The minimum absolute atomic E-state index is 0.0940. The lowest BCUT2D eigenvalue weighted by molar-refractivity contribution is -0.125. The van der Waals surface area contributed by atoms with Crippen LogP contribution in [0, 0.1) is 5.82 Å². The van der Waals surface area contributed by atoms with Crippen LogP contribution in [-0.4, -0.2) is 33.0 Å². The fourth-order valence-corrected chi connectivity index (χ4v) is 3.52. The smallest absolute Gasteiger partial charge is 0.231 e. The molecule has 0 fully saturated rings. The minimum Gasteiger partial charge on any atom is -0.345 e. The Bertz CT molecular complexity index is 959. The molecule has 1 aromatic heterocycles. The Morgan fingerprint density at radius 2 is 1.96 bits per heavy atom. The number of Topliss-reactive ketones (excluding diaryl/α,β-unsaturated/α-hetero) is 1. The number of hydrogen-bond donors (Lipinski definition) is 1. The van der Waals surface area contributed by atoms with Gasteiger partial charge in [0.1, 0.15) is 5.82 Å². The average molecular weight is 397 g/mol. The monoisotopic (exact) mass is 397 g/mol. The van der Waals surface area contributed by atoms with Gasteiger partial charge in [0.15, 0.2) is 10.9 Å². The van der Waals surface area contributed by atoms with Gasteiger partial charge in [-0.1, -0.05) is 48.2 Å². The number of amides is 1. The summed E-state index contributed by atoms with van der Waals surface area (Å²) in [4.78, 5) is 28.5. The summed E-state index contributed by atoms with van der Waals surface area (Å²) >= 11 is 1.23. The molecular weight excluding hydrogens is 377 g/mol. The van der Waals surface area contributed by atoms with E-state index in [1.165, 1.54) is 30.8 Å². The first-order chi connectivity index (χ1) is 13.5. The van der Waals surface area contributed by atoms with E-state index in [9.17, 15) is 14.0 Å². The lowest BCUT2D eigenvalue weighted by atomic mass is 10.0. The molecule has 0 saturated heterocycles. The van der Waals surface area contributed by atoms with Crippen LogP contribution in [0.4, 0.5) is 4.39 Å². The zero-order valence-electron chi connectivity index (χ0n) is 15.3. The van der Waals surface area contributed by atoms with Gasteiger partial charge in [-0.2, -0.15) is 0 Å². The fraction of sp³-hybridized carbons (Fsp3) is 0.190. The highest BCUT2D eigenvalue weighted by atomic mass is 32.2. The Morgan fingerprint density at radius 3 is 2.68 bits per heavy atom. The van der Waals surface area contributed by atoms with Crippen molar-refractivity contribution >= 4 is 23.5 Å². The molecule has 5 nitrogen and oxygen atoms in total. The summed E-state index contributed by atoms with van der Waals surface area (Å²) in [6.45, 7) is 1.47. The van der Waals surface area contributed by atoms with E-state index >= 15 is 0 Å². The summed E-state index contributed by atoms with van der Waals surface area (Å²) in [5.41, 5.74) is 1.61. The fourth-order valence-electron chi connectivity index (χ4n) is 2.73. The third-order valence-electron chi connectivity index (χ3n) is 4.13. The van der Waals surface area contributed by atoms with Gasteiger partial charge < -0.3 is 5.32 Å². The number of aromatic nitrogens is 2. The second-order valence-corrected chi connectivity index (χ2v) is 7.21. The van der Waals surface area contributed by atoms with Gasteiger partial charge in [0, 0.05) is 12.4 Å². The first-order valence-corrected chi connectivity index (χ1v) is 9.77. The third kappa shape index (κ3) is 5.29. The van der Waals surface area contributed by atoms with Gasteiger partial charge >= 0.3 is 0 Å². The van der Waals surface area contributed by atoms with Crippen LogP contribution in [0.2, 0.25) is 0 Å². The summed E-state index contributed by atoms with van der Waals surface area (Å²) in [6.07, 6.45) is 3.76. The number of ketones is 1. The van der Waals surface area contributed by atoms with Gasteiger partial charge in [0.2, 0.25) is 5.91 Å². The number of thioether (sulfide) groups is 1. The van der Waals surface area contributed by atoms with Crippen molar-refractivity contribution in [2.45, 2.75) is 24.5 Å². The lowest BCUT2D eigenvalue weighted by Gasteiger charge is -2.16. The highest BCUT2D eigenvalue weighted by molar-refractivity contribution is 7.99. The second kappa shape index (κ2) is 9.32. The Morgan fingerprint density at radius 1 is 1.18 bits per heavy atom. The molecule has 1 atom stereocenters. The van der Waals surface area contributed by atoms with Crippen molar-refractivity contribution in [2.24, 2.45) is 0 Å². The molecule has 28 heavy (non-hydrogen) atoms. The zero-order valence-corrected chi connectivity index (χ0v) is 16.2. The van der Waals surface area contributed by atoms with E-state index in [0.717, 1.165) is 5.56 Å². The molecule has 7 heteroatoms. The maximum Gasteiger partial charge on any atom is 0.231 e. The molecule has 0 spiro atoms. The van der Waals surface area contributed by atoms with E-state index in [2.05, 4.69) is 10.3 Å². The number of halogens is 1. The van der Waals surface area contributed by atoms with E-state index in [-0.39, 0.29) is 23.3 Å². The van der Waals surface area contributed by atoms with E-state index in [0.29, 0.717) is 17.3 Å². The predicted octanol–water partition coefficient (Wildman–Crippen LogP) is 3.42. The van der Waals surface area contributed by atoms with E-state index in [1.807, 2.05) is 30.3 Å². The quantitative estimate of drug-likeness (QED) is 0.592. The number of nitrogens with zero attached hydrogens (tertiary/aromatic N) is 2. The van der Waals surface area contributed by atoms with Gasteiger partial charge in [0.25, 0.3) is 0 Å². The molecule has 2 aromatic carbocycles. The van der Waals surface area contributed by atoms with E-state index in [4.69, 9.17) is 0 Å². The Hall–Kier alpha value is -2.93. The van der Waals surface area contributed by atoms with Crippen LogP contribution < -0.4 is 5.32 Å². The van der Waals surface area contributed by atoms with Crippen LogP contribution in [0.15, 0.2) is 72.1 Å². The van der Waals surface area contributed by atoms with E-state index < -0.39 is 6.04 Å². The van der Waals surface area contributed by atoms with Crippen LogP contribution >= 0.6 is 11.8 Å². The minimum atomic E-state index is -0.571. The van der Waals surface area contributed by atoms with Crippen LogP contribution in [0.1, 0.15) is 12.5 Å². The first-order valence-electron chi connectivity index (χ1n) is 8.79. The molecule has 1 amide bonds. The van der Waals surface area contributed by atoms with Crippen molar-refractivity contribution < 1.29 is 14.0 Å². The number of nitrogens with one attached hydrogen (secondary N) is 1. The SMILES string of the molecule is CC(=O)[C@@H](Cc1ccccc1)NC(=O)CSc1nccn1-c1cccc(F)c1. The second-order valence-electron chi connectivity index (χ2n) is 6.27. The molecule has 1 N–H and O–H groups in total.